The number of nitrogens with zero attached hydrogens (tertiary/aromatic N) is 2. The second kappa shape index (κ2) is 8.51. The van der Waals surface area contributed by atoms with Crippen LogP contribution in [0.4, 0.5) is 0 Å². The molecule has 1 aromatic heterocycles. The molecule has 120 valence electrons. The number of rotatable bonds is 9. The van der Waals surface area contributed by atoms with Crippen LogP contribution in [-0.2, 0) is 22.5 Å². The number of carbonyl (C=O) groups excluding carboxylic acids is 1. The first-order valence-corrected chi connectivity index (χ1v) is 7.66. The van der Waals surface area contributed by atoms with Gasteiger partial charge in [0.05, 0.1) is 17.6 Å². The quantitative estimate of drug-likeness (QED) is 0.677. The van der Waals surface area contributed by atoms with Crippen LogP contribution in [0.25, 0.3) is 11.0 Å². The Bertz CT molecular complexity index is 609. The van der Waals surface area contributed by atoms with E-state index in [-0.39, 0.29) is 5.91 Å². The Labute approximate surface area is 130 Å². The van der Waals surface area contributed by atoms with Crippen LogP contribution in [0.15, 0.2) is 24.3 Å². The Balaban J connectivity index is 1.89. The number of nitrogens with one attached hydrogen (secondary N) is 2. The molecule has 1 heterocycles. The van der Waals surface area contributed by atoms with Crippen molar-refractivity contribution in [1.29, 1.82) is 0 Å². The minimum absolute atomic E-state index is 0.00592. The number of aryl methyl sites for hydroxylation is 1. The molecule has 0 bridgehead atoms. The third kappa shape index (κ3) is 4.29. The molecule has 22 heavy (non-hydrogen) atoms. The number of fused-ring (bicyclic) bond motifs is 1. The average Bonchev–Trinajstić information content (AvgIpc) is 2.89. The van der Waals surface area contributed by atoms with Crippen LogP contribution in [0.1, 0.15) is 12.7 Å². The average molecular weight is 304 g/mol. The minimum Gasteiger partial charge on any atom is -0.383 e. The van der Waals surface area contributed by atoms with Gasteiger partial charge in [-0.2, -0.15) is 0 Å². The Kier molecular flexibility index (Phi) is 6.36. The number of aromatic nitrogens is 2. The highest BCUT2D eigenvalue weighted by Crippen LogP contribution is 2.16. The van der Waals surface area contributed by atoms with E-state index < -0.39 is 0 Å². The number of methoxy groups -OCH3 is 1. The highest BCUT2D eigenvalue weighted by atomic mass is 16.5. The highest BCUT2D eigenvalue weighted by Gasteiger charge is 2.11. The first kappa shape index (κ1) is 16.5. The molecule has 6 heteroatoms. The standard InChI is InChI=1S/C16H24N4O2/c1-3-15-19-13-6-4-5-7-14(13)20(15)12-16(21)18-9-8-17-10-11-22-2/h4-7,17H,3,8-12H2,1-2H3,(H,18,21). The molecule has 2 N–H and O–H groups in total. The van der Waals surface area contributed by atoms with Crippen LogP contribution in [0.2, 0.25) is 0 Å². The molecule has 0 saturated heterocycles. The van der Waals surface area contributed by atoms with Gasteiger partial charge in [-0.05, 0) is 12.1 Å². The fraction of sp³-hybridized carbons (Fsp3) is 0.500. The lowest BCUT2D eigenvalue weighted by Crippen LogP contribution is -2.35. The van der Waals surface area contributed by atoms with Gasteiger partial charge in [0.2, 0.25) is 5.91 Å². The molecule has 1 amide bonds. The molecule has 0 spiro atoms. The van der Waals surface area contributed by atoms with Gasteiger partial charge in [-0.25, -0.2) is 4.98 Å². The maximum atomic E-state index is 12.1. The smallest absolute Gasteiger partial charge is 0.240 e. The fourth-order valence-electron chi connectivity index (χ4n) is 2.36. The van der Waals surface area contributed by atoms with Crippen molar-refractivity contribution in [3.05, 3.63) is 30.1 Å². The van der Waals surface area contributed by atoms with E-state index in [9.17, 15) is 4.79 Å². The zero-order valence-electron chi connectivity index (χ0n) is 13.3. The summed E-state index contributed by atoms with van der Waals surface area (Å²) in [6.45, 7) is 5.17. The summed E-state index contributed by atoms with van der Waals surface area (Å²) in [6, 6.07) is 7.91. The first-order chi connectivity index (χ1) is 10.8. The third-order valence-electron chi connectivity index (χ3n) is 3.46. The lowest BCUT2D eigenvalue weighted by atomic mass is 10.3. The Morgan fingerprint density at radius 2 is 2.09 bits per heavy atom. The number of hydrogen-bond acceptors (Lipinski definition) is 4. The van der Waals surface area contributed by atoms with Crippen molar-refractivity contribution in [2.75, 3.05) is 33.4 Å². The van der Waals surface area contributed by atoms with Gasteiger partial charge in [-0.15, -0.1) is 0 Å². The fourth-order valence-corrected chi connectivity index (χ4v) is 2.36. The van der Waals surface area contributed by atoms with E-state index in [1.165, 1.54) is 0 Å². The van der Waals surface area contributed by atoms with E-state index in [2.05, 4.69) is 22.5 Å². The molecule has 2 aromatic rings. The number of ether oxygens (including phenoxy) is 1. The van der Waals surface area contributed by atoms with E-state index in [4.69, 9.17) is 4.74 Å². The second-order valence-corrected chi connectivity index (χ2v) is 5.05. The molecular weight excluding hydrogens is 280 g/mol. The molecule has 0 fully saturated rings. The molecule has 1 aromatic carbocycles. The van der Waals surface area contributed by atoms with Crippen molar-refractivity contribution in [3.63, 3.8) is 0 Å². The van der Waals surface area contributed by atoms with Crippen molar-refractivity contribution in [2.24, 2.45) is 0 Å². The second-order valence-electron chi connectivity index (χ2n) is 5.05. The van der Waals surface area contributed by atoms with Crippen LogP contribution in [0, 0.1) is 0 Å². The summed E-state index contributed by atoms with van der Waals surface area (Å²) in [5.41, 5.74) is 1.95. The highest BCUT2D eigenvalue weighted by molar-refractivity contribution is 5.81. The summed E-state index contributed by atoms with van der Waals surface area (Å²) < 4.78 is 6.94. The number of para-hydroxylation sites is 2. The van der Waals surface area contributed by atoms with E-state index in [0.717, 1.165) is 36.4 Å². The maximum Gasteiger partial charge on any atom is 0.240 e. The normalized spacial score (nSPS) is 11.0. The van der Waals surface area contributed by atoms with Crippen molar-refractivity contribution >= 4 is 16.9 Å². The van der Waals surface area contributed by atoms with Crippen molar-refractivity contribution < 1.29 is 9.53 Å². The van der Waals surface area contributed by atoms with E-state index in [1.807, 2.05) is 28.8 Å². The van der Waals surface area contributed by atoms with Crippen LogP contribution < -0.4 is 10.6 Å². The van der Waals surface area contributed by atoms with Crippen LogP contribution >= 0.6 is 0 Å². The number of hydrogen-bond donors (Lipinski definition) is 2. The summed E-state index contributed by atoms with van der Waals surface area (Å²) in [6.07, 6.45) is 0.806. The number of benzene rings is 1. The van der Waals surface area contributed by atoms with Crippen LogP contribution in [-0.4, -0.2) is 48.8 Å². The number of imidazole rings is 1. The summed E-state index contributed by atoms with van der Waals surface area (Å²) in [5.74, 6) is 0.945. The molecule has 0 atom stereocenters. The number of amides is 1. The van der Waals surface area contributed by atoms with Crippen molar-refractivity contribution in [1.82, 2.24) is 20.2 Å². The summed E-state index contributed by atoms with van der Waals surface area (Å²) >= 11 is 0. The Morgan fingerprint density at radius 1 is 1.27 bits per heavy atom. The zero-order chi connectivity index (χ0) is 15.8. The van der Waals surface area contributed by atoms with Gasteiger partial charge in [-0.1, -0.05) is 19.1 Å². The van der Waals surface area contributed by atoms with Gasteiger partial charge >= 0.3 is 0 Å². The van der Waals surface area contributed by atoms with Gasteiger partial charge in [0.25, 0.3) is 0 Å². The molecule has 2 rings (SSSR count). The summed E-state index contributed by atoms with van der Waals surface area (Å²) in [4.78, 5) is 16.7. The predicted molar refractivity (Wildman–Crippen MR) is 86.9 cm³/mol. The largest absolute Gasteiger partial charge is 0.383 e. The van der Waals surface area contributed by atoms with E-state index in [0.29, 0.717) is 19.7 Å². The maximum absolute atomic E-state index is 12.1. The van der Waals surface area contributed by atoms with E-state index >= 15 is 0 Å². The molecule has 0 aliphatic rings. The Morgan fingerprint density at radius 3 is 2.86 bits per heavy atom. The molecule has 0 saturated carbocycles. The van der Waals surface area contributed by atoms with Crippen LogP contribution in [0.5, 0.6) is 0 Å². The van der Waals surface area contributed by atoms with E-state index in [1.54, 1.807) is 7.11 Å². The van der Waals surface area contributed by atoms with Gasteiger partial charge in [0.15, 0.2) is 0 Å². The monoisotopic (exact) mass is 304 g/mol. The SMILES string of the molecule is CCc1nc2ccccc2n1CC(=O)NCCNCCOC. The van der Waals surface area contributed by atoms with Gasteiger partial charge in [0.1, 0.15) is 12.4 Å². The molecule has 0 aliphatic heterocycles. The molecule has 0 unspecified atom stereocenters. The van der Waals surface area contributed by atoms with Crippen molar-refractivity contribution in [2.45, 2.75) is 19.9 Å². The van der Waals surface area contributed by atoms with Gasteiger partial charge in [-0.3, -0.25) is 4.79 Å². The van der Waals surface area contributed by atoms with Gasteiger partial charge in [0, 0.05) is 33.2 Å². The molecule has 6 nitrogen and oxygen atoms in total. The lowest BCUT2D eigenvalue weighted by Gasteiger charge is -2.09. The van der Waals surface area contributed by atoms with Crippen LogP contribution in [0.3, 0.4) is 0 Å². The lowest BCUT2D eigenvalue weighted by molar-refractivity contribution is -0.121. The topological polar surface area (TPSA) is 68.2 Å². The molecular formula is C16H24N4O2. The third-order valence-corrected chi connectivity index (χ3v) is 3.46. The minimum atomic E-state index is 0.00592. The predicted octanol–water partition coefficient (Wildman–Crippen LogP) is 0.951. The Hall–Kier alpha value is -1.92. The van der Waals surface area contributed by atoms with Gasteiger partial charge < -0.3 is 19.9 Å². The molecule has 0 radical (unpaired) electrons. The molecule has 0 aliphatic carbocycles. The van der Waals surface area contributed by atoms with Crippen molar-refractivity contribution in [3.8, 4) is 0 Å². The first-order valence-electron chi connectivity index (χ1n) is 7.66. The summed E-state index contributed by atoms with van der Waals surface area (Å²) in [7, 11) is 1.67. The number of carbonyl (C=O) groups is 1. The zero-order valence-corrected chi connectivity index (χ0v) is 13.3. The summed E-state index contributed by atoms with van der Waals surface area (Å²) in [5, 5.41) is 6.12.